The van der Waals surface area contributed by atoms with E-state index in [0.717, 1.165) is 38.6 Å². The highest BCUT2D eigenvalue weighted by Crippen LogP contribution is 2.31. The maximum Gasteiger partial charge on any atom is 0.291 e. The molecule has 1 aliphatic heterocycles. The van der Waals surface area contributed by atoms with Crippen LogP contribution in [0.3, 0.4) is 0 Å². The van der Waals surface area contributed by atoms with Gasteiger partial charge in [-0.2, -0.15) is 5.10 Å². The molecular weight excluding hydrogens is 374 g/mol. The van der Waals surface area contributed by atoms with E-state index in [1.807, 2.05) is 29.8 Å². The van der Waals surface area contributed by atoms with E-state index in [2.05, 4.69) is 10.1 Å². The molecule has 8 heteroatoms. The predicted octanol–water partition coefficient (Wildman–Crippen LogP) is 2.65. The van der Waals surface area contributed by atoms with Crippen molar-refractivity contribution in [1.82, 2.24) is 19.3 Å². The SMILES string of the molecule is Cn1c2nc(CC3=NCC=C3)sc2c2cnn(Cc3cccc(O)c3)c(=O)c21. The highest BCUT2D eigenvalue weighted by atomic mass is 32.1. The molecule has 5 rings (SSSR count). The molecule has 1 N–H and O–H groups in total. The number of hydrogen-bond acceptors (Lipinski definition) is 6. The fraction of sp³-hybridized carbons (Fsp3) is 0.200. The van der Waals surface area contributed by atoms with Crippen LogP contribution in [-0.2, 0) is 20.0 Å². The first-order valence-corrected chi connectivity index (χ1v) is 9.73. The molecule has 28 heavy (non-hydrogen) atoms. The minimum Gasteiger partial charge on any atom is -0.508 e. The Kier molecular flexibility index (Phi) is 3.87. The molecular formula is C20H17N5O2S. The molecule has 0 unspecified atom stereocenters. The van der Waals surface area contributed by atoms with Gasteiger partial charge in [0, 0.05) is 24.6 Å². The first-order valence-electron chi connectivity index (χ1n) is 8.92. The Labute approximate surface area is 163 Å². The Morgan fingerprint density at radius 3 is 3.00 bits per heavy atom. The van der Waals surface area contributed by atoms with Crippen molar-refractivity contribution in [3.8, 4) is 5.75 Å². The molecule has 0 amide bonds. The molecule has 140 valence electrons. The van der Waals surface area contributed by atoms with Gasteiger partial charge in [-0.1, -0.05) is 18.2 Å². The van der Waals surface area contributed by atoms with Crippen LogP contribution in [0.5, 0.6) is 5.75 Å². The normalized spacial score (nSPS) is 13.7. The van der Waals surface area contributed by atoms with Crippen LogP contribution in [0.25, 0.3) is 21.3 Å². The Hall–Kier alpha value is -3.26. The number of aryl methyl sites for hydroxylation is 1. The lowest BCUT2D eigenvalue weighted by molar-refractivity contribution is 0.474. The van der Waals surface area contributed by atoms with Crippen LogP contribution in [-0.4, -0.2) is 36.7 Å². The van der Waals surface area contributed by atoms with Gasteiger partial charge in [0.1, 0.15) is 16.3 Å². The van der Waals surface area contributed by atoms with E-state index in [-0.39, 0.29) is 11.3 Å². The van der Waals surface area contributed by atoms with Crippen molar-refractivity contribution in [2.45, 2.75) is 13.0 Å². The summed E-state index contributed by atoms with van der Waals surface area (Å²) < 4.78 is 4.24. The van der Waals surface area contributed by atoms with E-state index >= 15 is 0 Å². The molecule has 1 aliphatic rings. The smallest absolute Gasteiger partial charge is 0.291 e. The molecule has 0 bridgehead atoms. The Morgan fingerprint density at radius 2 is 2.21 bits per heavy atom. The van der Waals surface area contributed by atoms with Gasteiger partial charge in [0.2, 0.25) is 0 Å². The minimum absolute atomic E-state index is 0.168. The second-order valence-electron chi connectivity index (χ2n) is 6.77. The third-order valence-electron chi connectivity index (χ3n) is 4.85. The van der Waals surface area contributed by atoms with Gasteiger partial charge in [-0.3, -0.25) is 9.79 Å². The van der Waals surface area contributed by atoms with E-state index in [9.17, 15) is 9.90 Å². The highest BCUT2D eigenvalue weighted by Gasteiger charge is 2.19. The van der Waals surface area contributed by atoms with Crippen molar-refractivity contribution in [2.24, 2.45) is 12.0 Å². The molecule has 0 saturated heterocycles. The molecule has 0 radical (unpaired) electrons. The van der Waals surface area contributed by atoms with Crippen molar-refractivity contribution >= 4 is 38.3 Å². The van der Waals surface area contributed by atoms with E-state index in [1.54, 1.807) is 35.7 Å². The molecule has 0 fully saturated rings. The lowest BCUT2D eigenvalue weighted by atomic mass is 10.2. The summed E-state index contributed by atoms with van der Waals surface area (Å²) in [5.41, 5.74) is 3.07. The number of phenols is 1. The van der Waals surface area contributed by atoms with Crippen LogP contribution >= 0.6 is 11.3 Å². The van der Waals surface area contributed by atoms with Crippen LogP contribution in [0.15, 0.2) is 52.4 Å². The number of hydrogen-bond donors (Lipinski definition) is 1. The molecule has 0 aliphatic carbocycles. The van der Waals surface area contributed by atoms with Gasteiger partial charge in [0.15, 0.2) is 5.65 Å². The van der Waals surface area contributed by atoms with Crippen molar-refractivity contribution in [1.29, 1.82) is 0 Å². The second-order valence-corrected chi connectivity index (χ2v) is 7.85. The minimum atomic E-state index is -0.168. The van der Waals surface area contributed by atoms with Gasteiger partial charge in [0.25, 0.3) is 5.56 Å². The molecule has 0 spiro atoms. The Balaban J connectivity index is 1.58. The lowest BCUT2D eigenvalue weighted by Gasteiger charge is -2.06. The van der Waals surface area contributed by atoms with Gasteiger partial charge in [0.05, 0.1) is 24.0 Å². The number of phenolic OH excluding ortho intramolecular Hbond substituents is 1. The fourth-order valence-electron chi connectivity index (χ4n) is 3.53. The molecule has 1 aromatic carbocycles. The largest absolute Gasteiger partial charge is 0.508 e. The zero-order chi connectivity index (χ0) is 19.3. The predicted molar refractivity (Wildman–Crippen MR) is 111 cm³/mol. The summed E-state index contributed by atoms with van der Waals surface area (Å²) in [6.45, 7) is 1.04. The average Bonchev–Trinajstić information content (AvgIpc) is 3.37. The quantitative estimate of drug-likeness (QED) is 0.580. The van der Waals surface area contributed by atoms with Gasteiger partial charge in [-0.05, 0) is 23.8 Å². The standard InChI is InChI=1S/C20H17N5O2S/c1-24-17-15(18-19(24)23-16(28-18)9-13-5-3-7-21-13)10-22-25(20(17)27)11-12-4-2-6-14(26)8-12/h2-6,8,10,26H,7,9,11H2,1H3. The van der Waals surface area contributed by atoms with Crippen LogP contribution in [0.1, 0.15) is 10.6 Å². The highest BCUT2D eigenvalue weighted by molar-refractivity contribution is 7.19. The van der Waals surface area contributed by atoms with Crippen LogP contribution in [0, 0.1) is 0 Å². The van der Waals surface area contributed by atoms with E-state index < -0.39 is 0 Å². The first-order chi connectivity index (χ1) is 13.6. The van der Waals surface area contributed by atoms with Gasteiger partial charge in [-0.15, -0.1) is 11.3 Å². The maximum atomic E-state index is 13.0. The number of aliphatic imine (C=N–C) groups is 1. The number of benzene rings is 1. The summed E-state index contributed by atoms with van der Waals surface area (Å²) in [6, 6.07) is 6.85. The summed E-state index contributed by atoms with van der Waals surface area (Å²) in [4.78, 5) is 22.2. The summed E-state index contributed by atoms with van der Waals surface area (Å²) in [6.07, 6.45) is 6.51. The van der Waals surface area contributed by atoms with E-state index in [4.69, 9.17) is 4.98 Å². The number of allylic oxidation sites excluding steroid dienone is 1. The fourth-order valence-corrected chi connectivity index (χ4v) is 4.65. The Morgan fingerprint density at radius 1 is 1.32 bits per heavy atom. The van der Waals surface area contributed by atoms with Crippen LogP contribution in [0.4, 0.5) is 0 Å². The number of thiazole rings is 1. The van der Waals surface area contributed by atoms with Crippen LogP contribution < -0.4 is 5.56 Å². The summed E-state index contributed by atoms with van der Waals surface area (Å²) in [5, 5.41) is 15.8. The monoisotopic (exact) mass is 391 g/mol. The maximum absolute atomic E-state index is 13.0. The van der Waals surface area contributed by atoms with Crippen molar-refractivity contribution in [3.63, 3.8) is 0 Å². The molecule has 4 aromatic rings. The molecule has 0 atom stereocenters. The molecule has 4 heterocycles. The average molecular weight is 391 g/mol. The van der Waals surface area contributed by atoms with Crippen molar-refractivity contribution in [2.75, 3.05) is 6.54 Å². The van der Waals surface area contributed by atoms with Crippen molar-refractivity contribution < 1.29 is 5.11 Å². The zero-order valence-electron chi connectivity index (χ0n) is 15.2. The summed E-state index contributed by atoms with van der Waals surface area (Å²) in [5.74, 6) is 0.171. The first kappa shape index (κ1) is 16.9. The van der Waals surface area contributed by atoms with E-state index in [0.29, 0.717) is 18.5 Å². The topological polar surface area (TPSA) is 85.3 Å². The van der Waals surface area contributed by atoms with Gasteiger partial charge in [-0.25, -0.2) is 9.67 Å². The lowest BCUT2D eigenvalue weighted by Crippen LogP contribution is -2.24. The third-order valence-corrected chi connectivity index (χ3v) is 5.93. The second kappa shape index (κ2) is 6.42. The Bertz CT molecular complexity index is 1340. The zero-order valence-corrected chi connectivity index (χ0v) is 16.0. The van der Waals surface area contributed by atoms with E-state index in [1.165, 1.54) is 4.68 Å². The molecule has 3 aromatic heterocycles. The number of fused-ring (bicyclic) bond motifs is 3. The number of aromatic nitrogens is 4. The number of aromatic hydroxyl groups is 1. The summed E-state index contributed by atoms with van der Waals surface area (Å²) >= 11 is 1.59. The molecule has 7 nitrogen and oxygen atoms in total. The third kappa shape index (κ3) is 2.73. The number of rotatable bonds is 4. The summed E-state index contributed by atoms with van der Waals surface area (Å²) in [7, 11) is 1.86. The van der Waals surface area contributed by atoms with Gasteiger partial charge < -0.3 is 9.67 Å². The van der Waals surface area contributed by atoms with Crippen molar-refractivity contribution in [3.05, 3.63) is 63.5 Å². The van der Waals surface area contributed by atoms with Gasteiger partial charge >= 0.3 is 0 Å². The molecule has 0 saturated carbocycles. The number of nitrogens with zero attached hydrogens (tertiary/aromatic N) is 5. The van der Waals surface area contributed by atoms with Crippen LogP contribution in [0.2, 0.25) is 0 Å².